The molecular weight excluding hydrogens is 214 g/mol. The van der Waals surface area contributed by atoms with Crippen molar-refractivity contribution < 1.29 is 0 Å². The van der Waals surface area contributed by atoms with Gasteiger partial charge in [-0.05, 0) is 48.4 Å². The predicted octanol–water partition coefficient (Wildman–Crippen LogP) is 3.61. The highest BCUT2D eigenvalue weighted by atomic mass is 32.1. The molecule has 0 fully saturated rings. The highest BCUT2D eigenvalue weighted by Crippen LogP contribution is 2.25. The first-order valence-electron chi connectivity index (χ1n) is 5.52. The SMILES string of the molecule is Cc1ccccc1CC(N)c1sccc1C. The van der Waals surface area contributed by atoms with Crippen molar-refractivity contribution in [1.29, 1.82) is 0 Å². The Bertz CT molecular complexity index is 473. The smallest absolute Gasteiger partial charge is 0.0433 e. The molecule has 1 atom stereocenters. The van der Waals surface area contributed by atoms with E-state index in [1.54, 1.807) is 11.3 Å². The maximum absolute atomic E-state index is 6.25. The van der Waals surface area contributed by atoms with Gasteiger partial charge in [0.05, 0.1) is 0 Å². The van der Waals surface area contributed by atoms with Crippen molar-refractivity contribution in [3.05, 3.63) is 57.3 Å². The van der Waals surface area contributed by atoms with Gasteiger partial charge < -0.3 is 5.73 Å². The van der Waals surface area contributed by atoms with E-state index in [9.17, 15) is 0 Å². The monoisotopic (exact) mass is 231 g/mol. The van der Waals surface area contributed by atoms with Crippen LogP contribution in [-0.4, -0.2) is 0 Å². The average Bonchev–Trinajstić information content (AvgIpc) is 2.68. The Morgan fingerprint density at radius 3 is 2.50 bits per heavy atom. The topological polar surface area (TPSA) is 26.0 Å². The molecule has 1 heterocycles. The number of hydrogen-bond acceptors (Lipinski definition) is 2. The standard InChI is InChI=1S/C14H17NS/c1-10-5-3-4-6-12(10)9-13(15)14-11(2)7-8-16-14/h3-8,13H,9,15H2,1-2H3. The average molecular weight is 231 g/mol. The molecule has 84 valence electrons. The summed E-state index contributed by atoms with van der Waals surface area (Å²) in [6.07, 6.45) is 0.925. The summed E-state index contributed by atoms with van der Waals surface area (Å²) < 4.78 is 0. The molecule has 2 aromatic rings. The molecule has 2 N–H and O–H groups in total. The van der Waals surface area contributed by atoms with Crippen LogP contribution in [0.5, 0.6) is 0 Å². The van der Waals surface area contributed by atoms with Crippen molar-refractivity contribution in [3.63, 3.8) is 0 Å². The van der Waals surface area contributed by atoms with Gasteiger partial charge in [-0.25, -0.2) is 0 Å². The lowest BCUT2D eigenvalue weighted by atomic mass is 10.00. The fourth-order valence-corrected chi connectivity index (χ4v) is 2.86. The lowest BCUT2D eigenvalue weighted by molar-refractivity contribution is 0.729. The maximum Gasteiger partial charge on any atom is 0.0433 e. The van der Waals surface area contributed by atoms with Gasteiger partial charge in [-0.2, -0.15) is 0 Å². The Morgan fingerprint density at radius 1 is 1.12 bits per heavy atom. The van der Waals surface area contributed by atoms with E-state index in [1.165, 1.54) is 21.6 Å². The molecule has 1 aromatic carbocycles. The summed E-state index contributed by atoms with van der Waals surface area (Å²) in [6.45, 7) is 4.27. The fourth-order valence-electron chi connectivity index (χ4n) is 1.93. The van der Waals surface area contributed by atoms with Gasteiger partial charge >= 0.3 is 0 Å². The van der Waals surface area contributed by atoms with Crippen molar-refractivity contribution in [2.24, 2.45) is 5.73 Å². The second-order valence-corrected chi connectivity index (χ2v) is 5.15. The van der Waals surface area contributed by atoms with Crippen LogP contribution in [0.25, 0.3) is 0 Å². The lowest BCUT2D eigenvalue weighted by Crippen LogP contribution is -2.13. The van der Waals surface area contributed by atoms with E-state index >= 15 is 0 Å². The molecule has 0 amide bonds. The second-order valence-electron chi connectivity index (χ2n) is 4.20. The molecule has 1 aromatic heterocycles. The molecule has 1 unspecified atom stereocenters. The number of benzene rings is 1. The molecular formula is C14H17NS. The van der Waals surface area contributed by atoms with Crippen LogP contribution in [-0.2, 0) is 6.42 Å². The largest absolute Gasteiger partial charge is 0.323 e. The Labute approximate surface area is 101 Å². The van der Waals surface area contributed by atoms with Crippen molar-refractivity contribution in [3.8, 4) is 0 Å². The minimum absolute atomic E-state index is 0.126. The number of hydrogen-bond donors (Lipinski definition) is 1. The zero-order valence-corrected chi connectivity index (χ0v) is 10.6. The minimum Gasteiger partial charge on any atom is -0.323 e. The van der Waals surface area contributed by atoms with Gasteiger partial charge in [-0.15, -0.1) is 11.3 Å². The summed E-state index contributed by atoms with van der Waals surface area (Å²) >= 11 is 1.76. The van der Waals surface area contributed by atoms with E-state index in [0.717, 1.165) is 6.42 Å². The van der Waals surface area contributed by atoms with E-state index in [2.05, 4.69) is 49.6 Å². The Kier molecular flexibility index (Phi) is 3.42. The molecule has 0 saturated heterocycles. The third-order valence-corrected chi connectivity index (χ3v) is 4.09. The Hall–Kier alpha value is -1.12. The van der Waals surface area contributed by atoms with Gasteiger partial charge in [-0.3, -0.25) is 0 Å². The van der Waals surface area contributed by atoms with Crippen LogP contribution in [0, 0.1) is 13.8 Å². The van der Waals surface area contributed by atoms with E-state index in [0.29, 0.717) is 0 Å². The van der Waals surface area contributed by atoms with Gasteiger partial charge in [0.15, 0.2) is 0 Å². The van der Waals surface area contributed by atoms with Crippen molar-refractivity contribution in [1.82, 2.24) is 0 Å². The Morgan fingerprint density at radius 2 is 1.88 bits per heavy atom. The second kappa shape index (κ2) is 4.81. The highest BCUT2D eigenvalue weighted by molar-refractivity contribution is 7.10. The van der Waals surface area contributed by atoms with Crippen LogP contribution in [0.2, 0.25) is 0 Å². The van der Waals surface area contributed by atoms with Gasteiger partial charge in [0.2, 0.25) is 0 Å². The maximum atomic E-state index is 6.25. The predicted molar refractivity (Wildman–Crippen MR) is 70.9 cm³/mol. The molecule has 0 saturated carbocycles. The Balaban J connectivity index is 2.17. The first kappa shape index (κ1) is 11.4. The van der Waals surface area contributed by atoms with Gasteiger partial charge in [-0.1, -0.05) is 24.3 Å². The molecule has 0 aliphatic heterocycles. The van der Waals surface area contributed by atoms with Crippen LogP contribution >= 0.6 is 11.3 Å². The molecule has 0 aliphatic rings. The molecule has 0 aliphatic carbocycles. The summed E-state index contributed by atoms with van der Waals surface area (Å²) in [6, 6.07) is 10.7. The van der Waals surface area contributed by atoms with E-state index in [4.69, 9.17) is 5.73 Å². The van der Waals surface area contributed by atoms with Crippen LogP contribution in [0.3, 0.4) is 0 Å². The molecule has 16 heavy (non-hydrogen) atoms. The third-order valence-electron chi connectivity index (χ3n) is 2.94. The van der Waals surface area contributed by atoms with E-state index in [1.807, 2.05) is 0 Å². The first-order valence-corrected chi connectivity index (χ1v) is 6.40. The molecule has 0 bridgehead atoms. The fraction of sp³-hybridized carbons (Fsp3) is 0.286. The minimum atomic E-state index is 0.126. The molecule has 1 nitrogen and oxygen atoms in total. The number of nitrogens with two attached hydrogens (primary N) is 1. The number of aryl methyl sites for hydroxylation is 2. The summed E-state index contributed by atoms with van der Waals surface area (Å²) in [7, 11) is 0. The van der Waals surface area contributed by atoms with Gasteiger partial charge in [0.25, 0.3) is 0 Å². The highest BCUT2D eigenvalue weighted by Gasteiger charge is 2.11. The first-order chi connectivity index (χ1) is 7.68. The van der Waals surface area contributed by atoms with E-state index < -0.39 is 0 Å². The summed E-state index contributed by atoms with van der Waals surface area (Å²) in [4.78, 5) is 1.31. The normalized spacial score (nSPS) is 12.7. The van der Waals surface area contributed by atoms with Crippen LogP contribution in [0.1, 0.15) is 27.6 Å². The molecule has 2 rings (SSSR count). The van der Waals surface area contributed by atoms with Crippen molar-refractivity contribution in [2.75, 3.05) is 0 Å². The molecule has 2 heteroatoms. The zero-order valence-electron chi connectivity index (χ0n) is 9.73. The van der Waals surface area contributed by atoms with E-state index in [-0.39, 0.29) is 6.04 Å². The lowest BCUT2D eigenvalue weighted by Gasteiger charge is -2.13. The molecule has 0 radical (unpaired) electrons. The number of rotatable bonds is 3. The van der Waals surface area contributed by atoms with Crippen LogP contribution < -0.4 is 5.73 Å². The zero-order chi connectivity index (χ0) is 11.5. The van der Waals surface area contributed by atoms with Crippen LogP contribution in [0.15, 0.2) is 35.7 Å². The summed E-state index contributed by atoms with van der Waals surface area (Å²) in [5.74, 6) is 0. The summed E-state index contributed by atoms with van der Waals surface area (Å²) in [5.41, 5.74) is 10.2. The molecule has 0 spiro atoms. The van der Waals surface area contributed by atoms with Crippen molar-refractivity contribution >= 4 is 11.3 Å². The van der Waals surface area contributed by atoms with Gasteiger partial charge in [0, 0.05) is 10.9 Å². The van der Waals surface area contributed by atoms with Gasteiger partial charge in [0.1, 0.15) is 0 Å². The van der Waals surface area contributed by atoms with Crippen LogP contribution in [0.4, 0.5) is 0 Å². The van der Waals surface area contributed by atoms with Crippen molar-refractivity contribution in [2.45, 2.75) is 26.3 Å². The third kappa shape index (κ3) is 2.34. The quantitative estimate of drug-likeness (QED) is 0.858. The number of thiophene rings is 1. The summed E-state index contributed by atoms with van der Waals surface area (Å²) in [5, 5.41) is 2.11.